The van der Waals surface area contributed by atoms with Crippen molar-refractivity contribution in [2.75, 3.05) is 26.7 Å². The molecule has 0 aliphatic rings. The van der Waals surface area contributed by atoms with Gasteiger partial charge in [-0.25, -0.2) is 13.4 Å². The van der Waals surface area contributed by atoms with Crippen LogP contribution in [0, 0.1) is 5.92 Å². The zero-order chi connectivity index (χ0) is 28.6. The molecule has 0 bridgehead atoms. The van der Waals surface area contributed by atoms with E-state index in [2.05, 4.69) is 20.9 Å². The maximum Gasteiger partial charge on any atom is 0.243 e. The van der Waals surface area contributed by atoms with Crippen LogP contribution in [0.25, 0.3) is 11.1 Å². The van der Waals surface area contributed by atoms with Crippen molar-refractivity contribution < 1.29 is 27.5 Å². The van der Waals surface area contributed by atoms with Crippen LogP contribution in [-0.2, 0) is 26.0 Å². The summed E-state index contributed by atoms with van der Waals surface area (Å²) in [5.41, 5.74) is 1.72. The molecule has 0 aliphatic carbocycles. The normalized spacial score (nSPS) is 14.3. The van der Waals surface area contributed by atoms with E-state index in [0.717, 1.165) is 5.56 Å². The number of amides is 2. The lowest BCUT2D eigenvalue weighted by Gasteiger charge is -2.31. The lowest BCUT2D eigenvalue weighted by Crippen LogP contribution is -2.55. The molecule has 0 aliphatic heterocycles. The van der Waals surface area contributed by atoms with Gasteiger partial charge in [0, 0.05) is 19.2 Å². The van der Waals surface area contributed by atoms with E-state index in [-0.39, 0.29) is 42.8 Å². The van der Waals surface area contributed by atoms with Gasteiger partial charge in [0.1, 0.15) is 11.6 Å². The highest BCUT2D eigenvalue weighted by molar-refractivity contribution is 7.89. The van der Waals surface area contributed by atoms with Crippen LogP contribution < -0.4 is 16.0 Å². The summed E-state index contributed by atoms with van der Waals surface area (Å²) in [7, 11) is -2.40. The Hall–Kier alpha value is -3.32. The molecule has 3 atom stereocenters. The molecule has 0 fully saturated rings. The van der Waals surface area contributed by atoms with E-state index in [0.29, 0.717) is 11.1 Å². The summed E-state index contributed by atoms with van der Waals surface area (Å²) in [5, 5.41) is 19.5. The zero-order valence-electron chi connectivity index (χ0n) is 22.6. The van der Waals surface area contributed by atoms with Crippen molar-refractivity contribution in [2.45, 2.75) is 50.3 Å². The number of hydrogen-bond acceptors (Lipinski definition) is 8. The molecule has 212 valence electrons. The van der Waals surface area contributed by atoms with Crippen molar-refractivity contribution in [3.8, 4) is 0 Å². The number of carbonyl (C=O) groups excluding carboxylic acids is 2. The Bertz CT molecular complexity index is 1340. The van der Waals surface area contributed by atoms with Crippen molar-refractivity contribution in [3.63, 3.8) is 0 Å². The largest absolute Gasteiger partial charge is 0.443 e. The molecule has 11 nitrogen and oxygen atoms in total. The van der Waals surface area contributed by atoms with Crippen molar-refractivity contribution in [2.24, 2.45) is 5.92 Å². The van der Waals surface area contributed by atoms with Crippen molar-refractivity contribution >= 4 is 32.9 Å². The third kappa shape index (κ3) is 8.33. The average molecular weight is 560 g/mol. The molecule has 3 rings (SSSR count). The lowest BCUT2D eigenvalue weighted by molar-refractivity contribution is -0.129. The summed E-state index contributed by atoms with van der Waals surface area (Å²) < 4.78 is 33.9. The van der Waals surface area contributed by atoms with Gasteiger partial charge in [0.25, 0.3) is 0 Å². The van der Waals surface area contributed by atoms with E-state index in [1.54, 1.807) is 20.0 Å². The topological polar surface area (TPSA) is 154 Å². The molecule has 4 N–H and O–H groups in total. The van der Waals surface area contributed by atoms with E-state index in [1.807, 2.05) is 44.2 Å². The van der Waals surface area contributed by atoms with Crippen molar-refractivity contribution in [3.05, 3.63) is 60.5 Å². The van der Waals surface area contributed by atoms with Gasteiger partial charge in [0.2, 0.25) is 21.8 Å². The number of aromatic nitrogens is 1. The predicted octanol–water partition coefficient (Wildman–Crippen LogP) is 1.29. The number of aliphatic hydroxyl groups is 1. The number of aliphatic hydroxyl groups excluding tert-OH is 1. The molecule has 1 aromatic heterocycles. The SMILES string of the molecule is CNCC(=O)NC(C)C(=O)NC(Cc1ccccc1)C(O)CN(CC(C)C)S(=O)(=O)c1ccc2ncoc2c1. The van der Waals surface area contributed by atoms with Crippen molar-refractivity contribution in [1.29, 1.82) is 0 Å². The molecular formula is C27H37N5O6S. The third-order valence-corrected chi connectivity index (χ3v) is 7.93. The fourth-order valence-corrected chi connectivity index (χ4v) is 5.77. The first kappa shape index (κ1) is 30.2. The van der Waals surface area contributed by atoms with Gasteiger partial charge in [-0.1, -0.05) is 44.2 Å². The van der Waals surface area contributed by atoms with Crippen LogP contribution >= 0.6 is 0 Å². The molecule has 2 amide bonds. The first-order valence-electron chi connectivity index (χ1n) is 12.8. The van der Waals surface area contributed by atoms with Crippen LogP contribution in [0.5, 0.6) is 0 Å². The Labute approximate surface area is 229 Å². The highest BCUT2D eigenvalue weighted by atomic mass is 32.2. The van der Waals surface area contributed by atoms with Crippen LogP contribution in [0.3, 0.4) is 0 Å². The minimum absolute atomic E-state index is 0.0177. The number of rotatable bonds is 14. The van der Waals surface area contributed by atoms with Gasteiger partial charge in [0.05, 0.1) is 23.6 Å². The summed E-state index contributed by atoms with van der Waals surface area (Å²) in [5.74, 6) is -0.878. The minimum Gasteiger partial charge on any atom is -0.443 e. The van der Waals surface area contributed by atoms with Crippen LogP contribution in [0.1, 0.15) is 26.3 Å². The van der Waals surface area contributed by atoms with Crippen LogP contribution in [0.15, 0.2) is 64.2 Å². The maximum atomic E-state index is 13.7. The monoisotopic (exact) mass is 559 g/mol. The van der Waals surface area contributed by atoms with E-state index in [1.165, 1.54) is 22.8 Å². The number of nitrogens with one attached hydrogen (secondary N) is 3. The zero-order valence-corrected chi connectivity index (χ0v) is 23.4. The van der Waals surface area contributed by atoms with Crippen LogP contribution in [0.4, 0.5) is 0 Å². The molecule has 39 heavy (non-hydrogen) atoms. The van der Waals surface area contributed by atoms with Gasteiger partial charge >= 0.3 is 0 Å². The average Bonchev–Trinajstić information content (AvgIpc) is 3.36. The number of benzene rings is 2. The molecule has 1 heterocycles. The molecule has 2 aromatic carbocycles. The second kappa shape index (κ2) is 13.7. The number of hydrogen-bond donors (Lipinski definition) is 4. The summed E-state index contributed by atoms with van der Waals surface area (Å²) in [6, 6.07) is 12.0. The van der Waals surface area contributed by atoms with Crippen molar-refractivity contribution in [1.82, 2.24) is 25.2 Å². The number of sulfonamides is 1. The van der Waals surface area contributed by atoms with Crippen LogP contribution in [0.2, 0.25) is 0 Å². The van der Waals surface area contributed by atoms with E-state index >= 15 is 0 Å². The molecule has 0 saturated carbocycles. The lowest BCUT2D eigenvalue weighted by atomic mass is 10.0. The summed E-state index contributed by atoms with van der Waals surface area (Å²) in [6.45, 7) is 5.25. The van der Waals surface area contributed by atoms with Gasteiger partial charge in [-0.3, -0.25) is 9.59 Å². The van der Waals surface area contributed by atoms with Gasteiger partial charge < -0.3 is 25.5 Å². The summed E-state index contributed by atoms with van der Waals surface area (Å²) in [4.78, 5) is 29.0. The quantitative estimate of drug-likeness (QED) is 0.230. The van der Waals surface area contributed by atoms with Crippen LogP contribution in [-0.4, -0.2) is 79.5 Å². The highest BCUT2D eigenvalue weighted by Gasteiger charge is 2.32. The standard InChI is InChI=1S/C27H37N5O6S/c1-18(2)15-32(39(36,37)21-10-11-22-25(13-21)38-17-29-22)16-24(33)23(12-20-8-6-5-7-9-20)31-27(35)19(3)30-26(34)14-28-4/h5-11,13,17-19,23-24,28,33H,12,14-16H2,1-4H3,(H,30,34)(H,31,35). The fraction of sp³-hybridized carbons (Fsp3) is 0.444. The van der Waals surface area contributed by atoms with Gasteiger partial charge in [-0.15, -0.1) is 0 Å². The van der Waals surface area contributed by atoms with E-state index in [9.17, 15) is 23.1 Å². The Kier molecular flexibility index (Phi) is 10.6. The first-order valence-corrected chi connectivity index (χ1v) is 14.2. The Morgan fingerprint density at radius 2 is 1.77 bits per heavy atom. The smallest absolute Gasteiger partial charge is 0.243 e. The molecule has 12 heteroatoms. The number of nitrogens with zero attached hydrogens (tertiary/aromatic N) is 2. The fourth-order valence-electron chi connectivity index (χ4n) is 4.14. The summed E-state index contributed by atoms with van der Waals surface area (Å²) >= 11 is 0. The third-order valence-electron chi connectivity index (χ3n) is 6.10. The Morgan fingerprint density at radius 1 is 1.05 bits per heavy atom. The number of likely N-dealkylation sites (N-methyl/N-ethyl adjacent to an activating group) is 1. The molecule has 0 saturated heterocycles. The first-order chi connectivity index (χ1) is 18.5. The van der Waals surface area contributed by atoms with E-state index in [4.69, 9.17) is 4.42 Å². The number of carbonyl (C=O) groups is 2. The number of oxazole rings is 1. The molecule has 3 aromatic rings. The minimum atomic E-state index is -4.03. The van der Waals surface area contributed by atoms with Gasteiger partial charge in [0.15, 0.2) is 12.0 Å². The second-order valence-electron chi connectivity index (χ2n) is 9.89. The number of fused-ring (bicyclic) bond motifs is 1. The summed E-state index contributed by atoms with van der Waals surface area (Å²) in [6.07, 6.45) is 0.247. The predicted molar refractivity (Wildman–Crippen MR) is 147 cm³/mol. The van der Waals surface area contributed by atoms with Gasteiger partial charge in [-0.2, -0.15) is 4.31 Å². The van der Waals surface area contributed by atoms with E-state index < -0.39 is 34.1 Å². The molecule has 0 radical (unpaired) electrons. The Morgan fingerprint density at radius 3 is 2.44 bits per heavy atom. The Balaban J connectivity index is 1.85. The van der Waals surface area contributed by atoms with Gasteiger partial charge in [-0.05, 0) is 44.0 Å². The maximum absolute atomic E-state index is 13.7. The highest BCUT2D eigenvalue weighted by Crippen LogP contribution is 2.23. The molecule has 0 spiro atoms. The molecular weight excluding hydrogens is 522 g/mol. The second-order valence-corrected chi connectivity index (χ2v) is 11.8. The molecule has 3 unspecified atom stereocenters.